The summed E-state index contributed by atoms with van der Waals surface area (Å²) in [4.78, 5) is 55.2. The number of esters is 1. The van der Waals surface area contributed by atoms with Gasteiger partial charge in [-0.1, -0.05) is 0 Å². The Labute approximate surface area is 172 Å². The Hall–Kier alpha value is -3.30. The molecule has 0 bridgehead atoms. The van der Waals surface area contributed by atoms with Crippen molar-refractivity contribution in [1.82, 2.24) is 14.9 Å². The quantitative estimate of drug-likeness (QED) is 0.651. The van der Waals surface area contributed by atoms with Crippen LogP contribution in [0.4, 0.5) is 10.5 Å². The highest BCUT2D eigenvalue weighted by Crippen LogP contribution is 2.22. The second kappa shape index (κ2) is 8.21. The van der Waals surface area contributed by atoms with Crippen LogP contribution in [0.3, 0.4) is 0 Å². The third-order valence-electron chi connectivity index (χ3n) is 4.60. The average molecular weight is 418 g/mol. The molecule has 0 unspecified atom stereocenters. The van der Waals surface area contributed by atoms with Crippen molar-refractivity contribution in [2.75, 3.05) is 11.9 Å². The molecule has 2 amide bonds. The lowest BCUT2D eigenvalue weighted by Crippen LogP contribution is -2.45. The van der Waals surface area contributed by atoms with Gasteiger partial charge in [-0.25, -0.2) is 14.4 Å². The van der Waals surface area contributed by atoms with E-state index in [-0.39, 0.29) is 5.69 Å². The number of carbonyl (C=O) groups is 3. The number of hydrogen-bond acceptors (Lipinski definition) is 6. The Morgan fingerprint density at radius 2 is 1.90 bits per heavy atom. The molecule has 0 spiro atoms. The van der Waals surface area contributed by atoms with Crippen LogP contribution < -0.4 is 11.0 Å². The smallest absolute Gasteiger partial charge is 0.411 e. The molecule has 0 saturated carbocycles. The number of aromatic amines is 2. The number of fused-ring (bicyclic) bond motifs is 1. The Kier molecular flexibility index (Phi) is 5.86. The number of hydrogen-bond donors (Lipinski definition) is 3. The lowest BCUT2D eigenvalue weighted by atomic mass is 10.2. The first-order valence-corrected chi connectivity index (χ1v) is 9.76. The molecule has 1 fully saturated rings. The zero-order chi connectivity index (χ0) is 22.1. The fraction of sp³-hybridized carbons (Fsp3) is 0.500. The summed E-state index contributed by atoms with van der Waals surface area (Å²) >= 11 is 0. The van der Waals surface area contributed by atoms with Crippen molar-refractivity contribution in [2.24, 2.45) is 0 Å². The van der Waals surface area contributed by atoms with Crippen molar-refractivity contribution < 1.29 is 23.9 Å². The van der Waals surface area contributed by atoms with Crippen LogP contribution in [0, 0.1) is 0 Å². The molecule has 1 aromatic carbocycles. The van der Waals surface area contributed by atoms with Gasteiger partial charge in [-0.15, -0.1) is 0 Å². The molecule has 0 radical (unpaired) electrons. The summed E-state index contributed by atoms with van der Waals surface area (Å²) in [5.74, 6) is -1.17. The highest BCUT2D eigenvalue weighted by molar-refractivity contribution is 5.97. The number of imidazole rings is 1. The number of nitrogens with one attached hydrogen (secondary N) is 3. The molecule has 3 N–H and O–H groups in total. The zero-order valence-corrected chi connectivity index (χ0v) is 17.4. The number of likely N-dealkylation sites (tertiary alicyclic amines) is 1. The largest absolute Gasteiger partial charge is 0.451 e. The number of benzene rings is 1. The third kappa shape index (κ3) is 5.00. The van der Waals surface area contributed by atoms with E-state index in [9.17, 15) is 19.2 Å². The van der Waals surface area contributed by atoms with Gasteiger partial charge >= 0.3 is 17.8 Å². The van der Waals surface area contributed by atoms with Gasteiger partial charge in [-0.05, 0) is 58.7 Å². The SMILES string of the molecule is C[C@H](OC(=O)[C@@H]1CCCN1C(=O)OC(C)(C)C)C(=O)Nc1ccc2[nH]c(=O)[nH]c2c1. The Balaban J connectivity index is 1.60. The van der Waals surface area contributed by atoms with E-state index < -0.39 is 35.7 Å². The molecule has 1 aliphatic rings. The Morgan fingerprint density at radius 1 is 1.20 bits per heavy atom. The van der Waals surface area contributed by atoms with Crippen LogP contribution in [0.5, 0.6) is 0 Å². The van der Waals surface area contributed by atoms with Crippen LogP contribution in [0.25, 0.3) is 11.0 Å². The number of aromatic nitrogens is 2. The first-order valence-electron chi connectivity index (χ1n) is 9.76. The predicted molar refractivity (Wildman–Crippen MR) is 109 cm³/mol. The molecule has 1 saturated heterocycles. The average Bonchev–Trinajstić information content (AvgIpc) is 3.25. The molecular weight excluding hydrogens is 392 g/mol. The minimum absolute atomic E-state index is 0.345. The molecule has 0 aliphatic carbocycles. The van der Waals surface area contributed by atoms with Gasteiger partial charge in [-0.2, -0.15) is 0 Å². The van der Waals surface area contributed by atoms with Gasteiger partial charge < -0.3 is 24.8 Å². The lowest BCUT2D eigenvalue weighted by molar-refractivity contribution is -0.157. The fourth-order valence-corrected chi connectivity index (χ4v) is 3.21. The first-order chi connectivity index (χ1) is 14.0. The molecule has 10 nitrogen and oxygen atoms in total. The van der Waals surface area contributed by atoms with Crippen LogP contribution in [0.1, 0.15) is 40.5 Å². The summed E-state index contributed by atoms with van der Waals surface area (Å²) < 4.78 is 10.6. The van der Waals surface area contributed by atoms with E-state index in [0.29, 0.717) is 36.1 Å². The lowest BCUT2D eigenvalue weighted by Gasteiger charge is -2.28. The van der Waals surface area contributed by atoms with Gasteiger partial charge in [-0.3, -0.25) is 9.69 Å². The van der Waals surface area contributed by atoms with Gasteiger partial charge in [0.2, 0.25) is 0 Å². The maximum Gasteiger partial charge on any atom is 0.411 e. The van der Waals surface area contributed by atoms with Crippen LogP contribution in [0.2, 0.25) is 0 Å². The summed E-state index contributed by atoms with van der Waals surface area (Å²) in [6.07, 6.45) is -0.550. The summed E-state index contributed by atoms with van der Waals surface area (Å²) in [7, 11) is 0. The zero-order valence-electron chi connectivity index (χ0n) is 17.4. The molecule has 2 atom stereocenters. The van der Waals surface area contributed by atoms with Crippen molar-refractivity contribution in [1.29, 1.82) is 0 Å². The van der Waals surface area contributed by atoms with Gasteiger partial charge in [0.25, 0.3) is 5.91 Å². The first kappa shape index (κ1) is 21.4. The van der Waals surface area contributed by atoms with Crippen molar-refractivity contribution in [3.8, 4) is 0 Å². The van der Waals surface area contributed by atoms with Crippen molar-refractivity contribution >= 4 is 34.7 Å². The van der Waals surface area contributed by atoms with Crippen LogP contribution in [0.15, 0.2) is 23.0 Å². The normalized spacial score (nSPS) is 17.6. The maximum absolute atomic E-state index is 12.6. The summed E-state index contributed by atoms with van der Waals surface area (Å²) in [6.45, 7) is 7.10. The van der Waals surface area contributed by atoms with E-state index in [4.69, 9.17) is 9.47 Å². The molecule has 1 aliphatic heterocycles. The van der Waals surface area contributed by atoms with Crippen molar-refractivity contribution in [3.05, 3.63) is 28.7 Å². The van der Waals surface area contributed by atoms with E-state index in [2.05, 4.69) is 15.3 Å². The molecule has 162 valence electrons. The van der Waals surface area contributed by atoms with Gasteiger partial charge in [0.1, 0.15) is 11.6 Å². The highest BCUT2D eigenvalue weighted by Gasteiger charge is 2.38. The Bertz CT molecular complexity index is 1020. The summed E-state index contributed by atoms with van der Waals surface area (Å²) in [6, 6.07) is 4.09. The van der Waals surface area contributed by atoms with Crippen LogP contribution >= 0.6 is 0 Å². The van der Waals surface area contributed by atoms with Crippen molar-refractivity contribution in [3.63, 3.8) is 0 Å². The summed E-state index contributed by atoms with van der Waals surface area (Å²) in [5.41, 5.74) is 0.581. The standard InChI is InChI=1S/C20H26N4O6/c1-11(16(25)21-12-7-8-13-14(10-12)23-18(27)22-13)29-17(26)15-6-5-9-24(15)19(28)30-20(2,3)4/h7-8,10-11,15H,5-6,9H2,1-4H3,(H,21,25)(H2,22,23,27)/t11-,15-/m0/s1. The van der Waals surface area contributed by atoms with E-state index in [0.717, 1.165) is 0 Å². The number of nitrogens with zero attached hydrogens (tertiary/aromatic N) is 1. The maximum atomic E-state index is 12.6. The number of ether oxygens (including phenoxy) is 2. The van der Waals surface area contributed by atoms with E-state index >= 15 is 0 Å². The van der Waals surface area contributed by atoms with Gasteiger partial charge in [0, 0.05) is 12.2 Å². The topological polar surface area (TPSA) is 134 Å². The molecule has 10 heteroatoms. The van der Waals surface area contributed by atoms with Gasteiger partial charge in [0.05, 0.1) is 11.0 Å². The molecule has 1 aromatic heterocycles. The second-order valence-corrected chi connectivity index (χ2v) is 8.24. The van der Waals surface area contributed by atoms with E-state index in [1.807, 2.05) is 0 Å². The minimum atomic E-state index is -1.07. The third-order valence-corrected chi connectivity index (χ3v) is 4.60. The second-order valence-electron chi connectivity index (χ2n) is 8.24. The highest BCUT2D eigenvalue weighted by atomic mass is 16.6. The number of carbonyl (C=O) groups excluding carboxylic acids is 3. The van der Waals surface area contributed by atoms with Crippen LogP contribution in [-0.2, 0) is 19.1 Å². The van der Waals surface area contributed by atoms with Gasteiger partial charge in [0.15, 0.2) is 6.10 Å². The van der Waals surface area contributed by atoms with Crippen molar-refractivity contribution in [2.45, 2.75) is 58.3 Å². The molecule has 30 heavy (non-hydrogen) atoms. The fourth-order valence-electron chi connectivity index (χ4n) is 3.21. The van der Waals surface area contributed by atoms with E-state index in [1.165, 1.54) is 11.8 Å². The number of rotatable bonds is 4. The predicted octanol–water partition coefficient (Wildman–Crippen LogP) is 2.13. The minimum Gasteiger partial charge on any atom is -0.451 e. The molecular formula is C20H26N4O6. The number of amides is 2. The van der Waals surface area contributed by atoms with E-state index in [1.54, 1.807) is 39.0 Å². The summed E-state index contributed by atoms with van der Waals surface area (Å²) in [5, 5.41) is 2.65. The molecule has 3 rings (SSSR count). The van der Waals surface area contributed by atoms with Crippen LogP contribution in [-0.4, -0.2) is 57.1 Å². The number of H-pyrrole nitrogens is 2. The molecule has 2 heterocycles. The molecule has 2 aromatic rings. The Morgan fingerprint density at radius 3 is 2.60 bits per heavy atom. The monoisotopic (exact) mass is 418 g/mol. The number of anilines is 1.